The van der Waals surface area contributed by atoms with Gasteiger partial charge >= 0.3 is 10.4 Å². The molecule has 11 N–H and O–H groups in total. The fraction of sp³-hybridized carbons (Fsp3) is 0.0690. The Morgan fingerprint density at radius 1 is 0.672 bits per heavy atom. The highest BCUT2D eigenvalue weighted by atomic mass is 32.3. The van der Waals surface area contributed by atoms with Crippen LogP contribution in [0.25, 0.3) is 10.8 Å². The Morgan fingerprint density at radius 2 is 1.25 bits per heavy atom. The zero-order valence-corrected chi connectivity index (χ0v) is 33.9. The van der Waals surface area contributed by atoms with Gasteiger partial charge in [-0.05, 0) is 72.1 Å². The Balaban J connectivity index is 1.48. The molecule has 61 heavy (non-hydrogen) atoms. The summed E-state index contributed by atoms with van der Waals surface area (Å²) in [6.07, 6.45) is 1.87. The van der Waals surface area contributed by atoms with Crippen LogP contribution in [0.3, 0.4) is 0 Å². The molecule has 0 atom stereocenters. The highest BCUT2D eigenvalue weighted by molar-refractivity contribution is 7.91. The monoisotopic (exact) mass is 944 g/mol. The van der Waals surface area contributed by atoms with Crippen LogP contribution in [-0.4, -0.2) is 105 Å². The molecule has 0 spiro atoms. The molecule has 0 aliphatic rings. The van der Waals surface area contributed by atoms with Crippen molar-refractivity contribution in [3.63, 3.8) is 0 Å². The van der Waals surface area contributed by atoms with E-state index in [2.05, 4.69) is 50.3 Å². The second-order valence-electron chi connectivity index (χ2n) is 11.7. The van der Waals surface area contributed by atoms with Crippen molar-refractivity contribution < 1.29 is 69.6 Å². The number of aromatic nitrogens is 3. The third kappa shape index (κ3) is 12.1. The normalized spacial score (nSPS) is 13.0. The quantitative estimate of drug-likeness (QED) is 0.0210. The average molecular weight is 945 g/mol. The van der Waals surface area contributed by atoms with Gasteiger partial charge in [0.1, 0.15) is 21.2 Å². The van der Waals surface area contributed by atoms with Gasteiger partial charge in [0, 0.05) is 16.8 Å². The van der Waals surface area contributed by atoms with E-state index in [1.54, 1.807) is 0 Å². The van der Waals surface area contributed by atoms with Gasteiger partial charge < -0.3 is 26.8 Å². The predicted molar refractivity (Wildman–Crippen MR) is 212 cm³/mol. The zero-order chi connectivity index (χ0) is 45.1. The molecule has 27 nitrogen and oxygen atoms in total. The molecule has 1 aromatic heterocycles. The molecule has 0 saturated carbocycles. The molecule has 0 aliphatic heterocycles. The lowest BCUT2D eigenvalue weighted by molar-refractivity contribution is 0.284. The number of nitrogens with one attached hydrogen (secondary N) is 4. The van der Waals surface area contributed by atoms with Crippen LogP contribution in [-0.2, 0) is 54.8 Å². The van der Waals surface area contributed by atoms with E-state index in [4.69, 9.17) is 15.7 Å². The first-order valence-corrected chi connectivity index (χ1v) is 23.1. The van der Waals surface area contributed by atoms with Crippen molar-refractivity contribution in [3.8, 4) is 0 Å². The van der Waals surface area contributed by atoms with Crippen LogP contribution < -0.4 is 21.7 Å². The summed E-state index contributed by atoms with van der Waals surface area (Å²) in [6, 6.07) is 10.0. The third-order valence-electron chi connectivity index (χ3n) is 7.42. The van der Waals surface area contributed by atoms with Crippen LogP contribution in [0.5, 0.6) is 0 Å². The number of anilines is 5. The lowest BCUT2D eigenvalue weighted by Gasteiger charge is -2.11. The average Bonchev–Trinajstić information content (AvgIpc) is 3.12. The van der Waals surface area contributed by atoms with Crippen molar-refractivity contribution in [3.05, 3.63) is 66.7 Å². The van der Waals surface area contributed by atoms with Gasteiger partial charge in [0.15, 0.2) is 16.2 Å². The van der Waals surface area contributed by atoms with E-state index in [0.717, 1.165) is 6.07 Å². The Morgan fingerprint density at radius 3 is 1.80 bits per heavy atom. The molecule has 1 heterocycles. The number of hydrogen-bond donors (Lipinski definition) is 10. The molecule has 4 aromatic carbocycles. The number of amidine groups is 1. The van der Waals surface area contributed by atoms with Gasteiger partial charge in [-0.15, -0.1) is 10.2 Å². The van der Waals surface area contributed by atoms with Crippen molar-refractivity contribution >= 4 is 120 Å². The molecule has 5 aromatic rings. The van der Waals surface area contributed by atoms with Gasteiger partial charge in [0.25, 0.3) is 36.4 Å². The van der Waals surface area contributed by atoms with Crippen LogP contribution in [0.2, 0.25) is 0 Å². The number of aliphatic hydroxyl groups is 1. The molecule has 0 fully saturated rings. The summed E-state index contributed by atoms with van der Waals surface area (Å²) in [7, 11) is -24.4. The van der Waals surface area contributed by atoms with Crippen molar-refractivity contribution in [1.29, 1.82) is 5.41 Å². The van der Waals surface area contributed by atoms with Crippen LogP contribution in [0.4, 0.5) is 46.3 Å². The maximum absolute atomic E-state index is 12.5. The molecule has 323 valence electrons. The van der Waals surface area contributed by atoms with Crippen molar-refractivity contribution in [2.45, 2.75) is 19.6 Å². The van der Waals surface area contributed by atoms with Crippen LogP contribution in [0, 0.1) is 5.41 Å². The lowest BCUT2D eigenvalue weighted by atomic mass is 10.1. The minimum absolute atomic E-state index is 0.102. The van der Waals surface area contributed by atoms with E-state index in [1.807, 2.05) is 6.34 Å². The Kier molecular flexibility index (Phi) is 13.0. The first-order valence-electron chi connectivity index (χ1n) is 15.8. The Hall–Kier alpha value is -6.36. The standard InChI is InChI=1S/C29H26N11O16S5/c30-14-32-27-36-28(33-16-1-4-18(5-2-16)57(42,43)8-7-56-61(53,54)55)38-29(37-27)34-17-3-6-21(22(11-17)35-26(31)41)39-40-23-13-20-15(10-25(23)60(50,51)52)9-19(58(44,45)46)12-24(20)59(47,48)49/h1-6,9-13H,7-8H2,(H3,31,35,41)(H,44,45,46)(H,47,48,49)(H,50,51,52)(H,53,54,55)(H4,30,32,33,34,36,37,38). The summed E-state index contributed by atoms with van der Waals surface area (Å²) in [5.74, 6) is -1.39. The number of fused-ring (bicyclic) bond motifs is 1. The number of rotatable bonds is 17. The third-order valence-corrected chi connectivity index (χ3v) is 12.2. The molecular weight excluding hydrogens is 919 g/mol. The summed E-state index contributed by atoms with van der Waals surface area (Å²) in [5.41, 5.74) is 4.45. The van der Waals surface area contributed by atoms with Gasteiger partial charge in [0.2, 0.25) is 17.8 Å². The number of hydrogen-bond acceptors (Lipinski definition) is 20. The largest absolute Gasteiger partial charge is 0.481 e. The fourth-order valence-electron chi connectivity index (χ4n) is 4.94. The van der Waals surface area contributed by atoms with Crippen molar-refractivity contribution in [2.75, 3.05) is 28.3 Å². The topological polar surface area (TPSA) is 443 Å². The molecule has 1 radical (unpaired) electrons. The molecule has 0 amide bonds. The van der Waals surface area contributed by atoms with Gasteiger partial charge in [-0.2, -0.15) is 53.6 Å². The highest BCUT2D eigenvalue weighted by Gasteiger charge is 2.25. The summed E-state index contributed by atoms with van der Waals surface area (Å²) in [4.78, 5) is 12.7. The molecule has 0 aliphatic carbocycles. The van der Waals surface area contributed by atoms with Crippen LogP contribution in [0.15, 0.2) is 102 Å². The lowest BCUT2D eigenvalue weighted by Crippen LogP contribution is -2.15. The van der Waals surface area contributed by atoms with E-state index < -0.39 is 100 Å². The Labute approximate surface area is 344 Å². The molecule has 32 heteroatoms. The number of nitrogens with two attached hydrogens (primary N) is 1. The van der Waals surface area contributed by atoms with E-state index in [-0.39, 0.29) is 45.5 Å². The highest BCUT2D eigenvalue weighted by Crippen LogP contribution is 2.38. The summed E-state index contributed by atoms with van der Waals surface area (Å²) in [5, 5.41) is 31.6. The molecule has 5 rings (SSSR count). The number of nitrogens with zero attached hydrogens (tertiary/aromatic N) is 6. The van der Waals surface area contributed by atoms with Crippen molar-refractivity contribution in [1.82, 2.24) is 15.0 Å². The van der Waals surface area contributed by atoms with E-state index in [1.165, 1.54) is 42.5 Å². The number of azo groups is 1. The number of benzene rings is 4. The Bertz CT molecular complexity index is 3200. The zero-order valence-electron chi connectivity index (χ0n) is 29.8. The van der Waals surface area contributed by atoms with E-state index in [9.17, 15) is 60.9 Å². The first kappa shape index (κ1) is 45.7. The van der Waals surface area contributed by atoms with Gasteiger partial charge in [-0.1, -0.05) is 0 Å². The van der Waals surface area contributed by atoms with E-state index in [0.29, 0.717) is 18.2 Å². The summed E-state index contributed by atoms with van der Waals surface area (Å²) in [6.45, 7) is -0.839. The van der Waals surface area contributed by atoms with Gasteiger partial charge in [-0.25, -0.2) is 12.6 Å². The summed E-state index contributed by atoms with van der Waals surface area (Å²) < 4.78 is 161. The number of sulfone groups is 1. The molecule has 0 bridgehead atoms. The minimum Gasteiger partial charge on any atom is -0.481 e. The maximum atomic E-state index is 12.5. The number of aliphatic hydroxyl groups excluding tert-OH is 1. The minimum atomic E-state index is -5.24. The molecular formula is C29H26N11O16S5. The van der Waals surface area contributed by atoms with Gasteiger partial charge in [-0.3, -0.25) is 23.6 Å². The predicted octanol–water partition coefficient (Wildman–Crippen LogP) is 2.66. The van der Waals surface area contributed by atoms with E-state index >= 15 is 0 Å². The second kappa shape index (κ2) is 17.3. The fourth-order valence-corrected chi connectivity index (χ4v) is 8.42. The second-order valence-corrected chi connectivity index (χ2v) is 19.1. The van der Waals surface area contributed by atoms with Crippen molar-refractivity contribution in [2.24, 2.45) is 21.0 Å². The van der Waals surface area contributed by atoms with Gasteiger partial charge in [0.05, 0.1) is 27.8 Å². The first-order chi connectivity index (χ1) is 28.2. The molecule has 0 saturated heterocycles. The smallest absolute Gasteiger partial charge is 0.397 e. The van der Waals surface area contributed by atoms with Crippen LogP contribution in [0.1, 0.15) is 0 Å². The van der Waals surface area contributed by atoms with Crippen LogP contribution >= 0.6 is 0 Å². The number of aliphatic imine (C=N–C) groups is 1. The summed E-state index contributed by atoms with van der Waals surface area (Å²) >= 11 is 0. The SMILES string of the molecule is N=[C]Nc1nc(Nc2ccc(S(=O)(=O)CCOS(=O)(=O)O)cc2)nc(Nc2ccc(N=Nc3cc4c(S(=O)(=O)O)cc(S(=O)(=O)O)cc4cc3S(=O)(=O)O)c(N=C(N)O)c2)n1. The molecule has 0 unspecified atom stereocenters. The maximum Gasteiger partial charge on any atom is 0.397 e.